The van der Waals surface area contributed by atoms with Gasteiger partial charge in [0.2, 0.25) is 0 Å². The molecule has 5 heteroatoms. The van der Waals surface area contributed by atoms with E-state index in [1.165, 1.54) is 6.07 Å². The van der Waals surface area contributed by atoms with E-state index in [0.29, 0.717) is 18.2 Å². The Labute approximate surface area is 127 Å². The highest BCUT2D eigenvalue weighted by Gasteiger charge is 2.36. The van der Waals surface area contributed by atoms with Crippen molar-refractivity contribution in [1.82, 2.24) is 0 Å². The van der Waals surface area contributed by atoms with Crippen LogP contribution in [0.3, 0.4) is 0 Å². The van der Waals surface area contributed by atoms with Crippen molar-refractivity contribution in [2.24, 2.45) is 0 Å². The van der Waals surface area contributed by atoms with Crippen molar-refractivity contribution in [3.8, 4) is 5.75 Å². The lowest BCUT2D eigenvalue weighted by atomic mass is 10.2. The molecular weight excluding hydrogens is 295 g/mol. The first-order chi connectivity index (χ1) is 9.15. The van der Waals surface area contributed by atoms with Gasteiger partial charge >= 0.3 is 0 Å². The van der Waals surface area contributed by atoms with E-state index in [4.69, 9.17) is 20.8 Å². The van der Waals surface area contributed by atoms with Gasteiger partial charge in [-0.1, -0.05) is 38.4 Å². The highest BCUT2D eigenvalue weighted by molar-refractivity contribution is 6.74. The van der Waals surface area contributed by atoms with E-state index in [1.54, 1.807) is 12.1 Å². The maximum Gasteiger partial charge on any atom is 0.191 e. The van der Waals surface area contributed by atoms with Crippen molar-refractivity contribution in [1.29, 1.82) is 0 Å². The molecule has 1 aromatic carbocycles. The maximum atomic E-state index is 13.5. The molecule has 0 aliphatic heterocycles. The zero-order chi connectivity index (χ0) is 15.4. The summed E-state index contributed by atoms with van der Waals surface area (Å²) in [7, 11) is -1.71. The SMILES string of the molecule is CC(C)(C)[Si](C)(C)OCCCOc1c(F)cccc1Cl. The maximum absolute atomic E-state index is 13.5. The number of hydrogen-bond acceptors (Lipinski definition) is 2. The average molecular weight is 319 g/mol. The van der Waals surface area contributed by atoms with Crippen molar-refractivity contribution >= 4 is 19.9 Å². The summed E-state index contributed by atoms with van der Waals surface area (Å²) in [5.41, 5.74) is 0. The standard InChI is InChI=1S/C15H24ClFO2Si/c1-15(2,3)20(4,5)19-11-7-10-18-14-12(16)8-6-9-13(14)17/h6,8-9H,7,10-11H2,1-5H3. The van der Waals surface area contributed by atoms with Crippen molar-refractivity contribution in [3.05, 3.63) is 29.0 Å². The Kier molecular flexibility index (Phi) is 6.04. The Morgan fingerprint density at radius 3 is 2.40 bits per heavy atom. The molecule has 1 aromatic rings. The van der Waals surface area contributed by atoms with Crippen LogP contribution in [0.25, 0.3) is 0 Å². The van der Waals surface area contributed by atoms with Crippen LogP contribution in [0.4, 0.5) is 4.39 Å². The minimum Gasteiger partial charge on any atom is -0.489 e. The van der Waals surface area contributed by atoms with E-state index in [-0.39, 0.29) is 10.8 Å². The Balaban J connectivity index is 2.37. The fourth-order valence-electron chi connectivity index (χ4n) is 1.40. The van der Waals surface area contributed by atoms with Gasteiger partial charge in [-0.05, 0) is 30.3 Å². The molecule has 0 saturated carbocycles. The first-order valence-corrected chi connectivity index (χ1v) is 10.1. The molecule has 0 aliphatic carbocycles. The van der Waals surface area contributed by atoms with Gasteiger partial charge in [0.1, 0.15) is 0 Å². The molecule has 0 spiro atoms. The van der Waals surface area contributed by atoms with Gasteiger partial charge < -0.3 is 9.16 Å². The number of halogens is 2. The summed E-state index contributed by atoms with van der Waals surface area (Å²) in [6.45, 7) is 12.1. The molecule has 0 aliphatic rings. The lowest BCUT2D eigenvalue weighted by Gasteiger charge is -2.36. The van der Waals surface area contributed by atoms with Gasteiger partial charge in [-0.3, -0.25) is 0 Å². The van der Waals surface area contributed by atoms with Crippen LogP contribution < -0.4 is 4.74 Å². The predicted octanol–water partition coefficient (Wildman–Crippen LogP) is 5.27. The van der Waals surface area contributed by atoms with Crippen LogP contribution in [0.2, 0.25) is 23.2 Å². The van der Waals surface area contributed by atoms with E-state index < -0.39 is 14.1 Å². The molecular formula is C15H24ClFO2Si. The molecule has 0 heterocycles. The van der Waals surface area contributed by atoms with Gasteiger partial charge in [-0.25, -0.2) is 4.39 Å². The summed E-state index contributed by atoms with van der Waals surface area (Å²) in [6, 6.07) is 4.52. The van der Waals surface area contributed by atoms with E-state index >= 15 is 0 Å². The van der Waals surface area contributed by atoms with Gasteiger partial charge in [-0.2, -0.15) is 0 Å². The zero-order valence-electron chi connectivity index (χ0n) is 12.9. The first kappa shape index (κ1) is 17.5. The number of rotatable bonds is 6. The van der Waals surface area contributed by atoms with Crippen LogP contribution >= 0.6 is 11.6 Å². The number of para-hydroxylation sites is 1. The Bertz CT molecular complexity index is 424. The molecule has 20 heavy (non-hydrogen) atoms. The summed E-state index contributed by atoms with van der Waals surface area (Å²) in [5, 5.41) is 0.498. The third kappa shape index (κ3) is 4.76. The molecule has 114 valence electrons. The molecule has 0 atom stereocenters. The quantitative estimate of drug-likeness (QED) is 0.525. The van der Waals surface area contributed by atoms with Crippen molar-refractivity contribution in [2.45, 2.75) is 45.3 Å². The predicted molar refractivity (Wildman–Crippen MR) is 84.7 cm³/mol. The molecule has 0 N–H and O–H groups in total. The van der Waals surface area contributed by atoms with Crippen LogP contribution in [0, 0.1) is 5.82 Å². The Morgan fingerprint density at radius 1 is 1.20 bits per heavy atom. The third-order valence-corrected chi connectivity index (χ3v) is 8.56. The van der Waals surface area contributed by atoms with Crippen LogP contribution in [0.5, 0.6) is 5.75 Å². The van der Waals surface area contributed by atoms with Gasteiger partial charge in [0.15, 0.2) is 19.9 Å². The molecule has 0 radical (unpaired) electrons. The van der Waals surface area contributed by atoms with Gasteiger partial charge in [0, 0.05) is 13.0 Å². The molecule has 1 rings (SSSR count). The van der Waals surface area contributed by atoms with Crippen LogP contribution in [0.15, 0.2) is 18.2 Å². The van der Waals surface area contributed by atoms with Crippen molar-refractivity contribution in [3.63, 3.8) is 0 Å². The number of benzene rings is 1. The Hall–Kier alpha value is -0.583. The molecule has 0 amide bonds. The van der Waals surface area contributed by atoms with Crippen molar-refractivity contribution in [2.75, 3.05) is 13.2 Å². The second-order valence-electron chi connectivity index (χ2n) is 6.36. The normalized spacial score (nSPS) is 12.6. The van der Waals surface area contributed by atoms with E-state index in [0.717, 1.165) is 6.42 Å². The first-order valence-electron chi connectivity index (χ1n) is 6.86. The number of hydrogen-bond donors (Lipinski definition) is 0. The smallest absolute Gasteiger partial charge is 0.191 e. The highest BCUT2D eigenvalue weighted by Crippen LogP contribution is 2.36. The minimum atomic E-state index is -1.71. The molecule has 0 bridgehead atoms. The molecule has 0 unspecified atom stereocenters. The Morgan fingerprint density at radius 2 is 1.85 bits per heavy atom. The second-order valence-corrected chi connectivity index (χ2v) is 11.6. The molecule has 0 aromatic heterocycles. The van der Waals surface area contributed by atoms with Crippen LogP contribution in [-0.4, -0.2) is 21.5 Å². The van der Waals surface area contributed by atoms with Gasteiger partial charge in [0.05, 0.1) is 11.6 Å². The summed E-state index contributed by atoms with van der Waals surface area (Å²) in [6.07, 6.45) is 0.719. The van der Waals surface area contributed by atoms with Gasteiger partial charge in [-0.15, -0.1) is 0 Å². The van der Waals surface area contributed by atoms with E-state index in [1.807, 2.05) is 0 Å². The molecule has 0 saturated heterocycles. The fraction of sp³-hybridized carbons (Fsp3) is 0.600. The zero-order valence-corrected chi connectivity index (χ0v) is 14.7. The fourth-order valence-corrected chi connectivity index (χ4v) is 2.70. The largest absolute Gasteiger partial charge is 0.489 e. The number of ether oxygens (including phenoxy) is 1. The van der Waals surface area contributed by atoms with Crippen LogP contribution in [0.1, 0.15) is 27.2 Å². The second kappa shape index (κ2) is 6.92. The summed E-state index contributed by atoms with van der Waals surface area (Å²) in [4.78, 5) is 0. The van der Waals surface area contributed by atoms with E-state index in [9.17, 15) is 4.39 Å². The summed E-state index contributed by atoms with van der Waals surface area (Å²) < 4.78 is 24.9. The van der Waals surface area contributed by atoms with Gasteiger partial charge in [0.25, 0.3) is 0 Å². The molecule has 2 nitrogen and oxygen atoms in total. The van der Waals surface area contributed by atoms with Crippen LogP contribution in [-0.2, 0) is 4.43 Å². The lowest BCUT2D eigenvalue weighted by molar-refractivity contribution is 0.229. The summed E-state index contributed by atoms with van der Waals surface area (Å²) in [5.74, 6) is -0.302. The third-order valence-electron chi connectivity index (χ3n) is 3.72. The average Bonchev–Trinajstić information content (AvgIpc) is 2.30. The monoisotopic (exact) mass is 318 g/mol. The molecule has 0 fully saturated rings. The highest BCUT2D eigenvalue weighted by atomic mass is 35.5. The lowest BCUT2D eigenvalue weighted by Crippen LogP contribution is -2.41. The topological polar surface area (TPSA) is 18.5 Å². The van der Waals surface area contributed by atoms with E-state index in [2.05, 4.69) is 33.9 Å². The van der Waals surface area contributed by atoms with Crippen molar-refractivity contribution < 1.29 is 13.6 Å². The minimum absolute atomic E-state index is 0.126. The summed E-state index contributed by atoms with van der Waals surface area (Å²) >= 11 is 5.89.